The molecule has 1 N–H and O–H groups in total. The van der Waals surface area contributed by atoms with Gasteiger partial charge in [0.05, 0.1) is 24.1 Å². The summed E-state index contributed by atoms with van der Waals surface area (Å²) in [5, 5.41) is 11.9. The number of anilines is 1. The van der Waals surface area contributed by atoms with Crippen LogP contribution in [0.4, 0.5) is 5.95 Å². The summed E-state index contributed by atoms with van der Waals surface area (Å²) in [7, 11) is -2.35. The lowest BCUT2D eigenvalue weighted by molar-refractivity contribution is 0.398. The van der Waals surface area contributed by atoms with E-state index in [1.807, 2.05) is 13.8 Å². The maximum Gasteiger partial charge on any atom is 0.239 e. The van der Waals surface area contributed by atoms with Crippen molar-refractivity contribution in [3.63, 3.8) is 0 Å². The Morgan fingerprint density at radius 2 is 1.95 bits per heavy atom. The second kappa shape index (κ2) is 9.88. The highest BCUT2D eigenvalue weighted by molar-refractivity contribution is 7.93. The van der Waals surface area contributed by atoms with Crippen molar-refractivity contribution in [3.8, 4) is 17.4 Å². The van der Waals surface area contributed by atoms with Crippen LogP contribution in [0.2, 0.25) is 0 Å². The molecule has 0 bridgehead atoms. The molecule has 1 fully saturated rings. The molecule has 0 aliphatic heterocycles. The molecule has 4 aromatic rings. The Hall–Kier alpha value is -3.87. The van der Waals surface area contributed by atoms with Gasteiger partial charge in [-0.2, -0.15) is 0 Å². The van der Waals surface area contributed by atoms with Gasteiger partial charge in [0.25, 0.3) is 0 Å². The van der Waals surface area contributed by atoms with Crippen LogP contribution < -0.4 is 9.46 Å². The van der Waals surface area contributed by atoms with Crippen LogP contribution in [0, 0.1) is 19.8 Å². The van der Waals surface area contributed by atoms with E-state index < -0.39 is 15.3 Å². The predicted molar refractivity (Wildman–Crippen MR) is 134 cm³/mol. The number of pyridine rings is 1. The monoisotopic (exact) mass is 524 g/mol. The normalized spacial score (nSPS) is 15.4. The molecule has 5 rings (SSSR count). The largest absolute Gasteiger partial charge is 0.481 e. The Morgan fingerprint density at radius 3 is 2.59 bits per heavy atom. The van der Waals surface area contributed by atoms with Crippen molar-refractivity contribution in [3.05, 3.63) is 59.5 Å². The van der Waals surface area contributed by atoms with E-state index in [0.717, 1.165) is 24.0 Å². The third-order valence-corrected chi connectivity index (χ3v) is 8.07. The smallest absolute Gasteiger partial charge is 0.239 e. The van der Waals surface area contributed by atoms with Crippen molar-refractivity contribution in [2.45, 2.75) is 51.3 Å². The number of nitrogens with zero attached hydrogens (tertiary/aromatic N) is 7. The predicted octanol–water partition coefficient (Wildman–Crippen LogP) is 3.12. The van der Waals surface area contributed by atoms with Crippen LogP contribution in [-0.2, 0) is 16.4 Å². The Bertz CT molecular complexity index is 1500. The lowest BCUT2D eigenvalue weighted by Gasteiger charge is -2.22. The molecule has 0 unspecified atom stereocenters. The Morgan fingerprint density at radius 1 is 1.19 bits per heavy atom. The molecule has 194 valence electrons. The van der Waals surface area contributed by atoms with Gasteiger partial charge in [0.15, 0.2) is 5.82 Å². The van der Waals surface area contributed by atoms with Crippen LogP contribution in [0.25, 0.3) is 11.5 Å². The average Bonchev–Trinajstić information content (AvgIpc) is 3.52. The van der Waals surface area contributed by atoms with Crippen molar-refractivity contribution in [2.75, 3.05) is 11.8 Å². The number of aryl methyl sites for hydroxylation is 2. The number of sulfonamides is 1. The standard InChI is InChI=1S/C24H28N8O4S/c1-14-11-25-20(26-12-14)10-15(2)37(33,34)31-24-29-28-23(19-6-5-7-21(27-19)35-4)32(24)22(17-8-9-17)18-13-36-30-16(18)3/h5-7,11-13,15,17,22H,8-10H2,1-4H3,(H,29,31)/t15-,22-/m0/s1. The summed E-state index contributed by atoms with van der Waals surface area (Å²) in [6.45, 7) is 5.34. The van der Waals surface area contributed by atoms with Crippen LogP contribution in [0.5, 0.6) is 5.88 Å². The first kappa shape index (κ1) is 24.8. The third-order valence-electron chi connectivity index (χ3n) is 6.38. The highest BCUT2D eigenvalue weighted by Gasteiger charge is 2.40. The zero-order valence-corrected chi connectivity index (χ0v) is 21.8. The van der Waals surface area contributed by atoms with E-state index in [9.17, 15) is 8.42 Å². The van der Waals surface area contributed by atoms with E-state index >= 15 is 0 Å². The van der Waals surface area contributed by atoms with Gasteiger partial charge in [-0.05, 0) is 51.2 Å². The van der Waals surface area contributed by atoms with Gasteiger partial charge in [-0.15, -0.1) is 10.2 Å². The van der Waals surface area contributed by atoms with Gasteiger partial charge < -0.3 is 9.26 Å². The van der Waals surface area contributed by atoms with Gasteiger partial charge in [0.1, 0.15) is 17.8 Å². The summed E-state index contributed by atoms with van der Waals surface area (Å²) in [5.41, 5.74) is 2.96. The molecule has 0 radical (unpaired) electrons. The van der Waals surface area contributed by atoms with E-state index in [-0.39, 0.29) is 24.3 Å². The number of hydrogen-bond acceptors (Lipinski definition) is 10. The fraction of sp³-hybridized carbons (Fsp3) is 0.417. The number of ether oxygens (including phenoxy) is 1. The van der Waals surface area contributed by atoms with E-state index in [1.54, 1.807) is 48.3 Å². The summed E-state index contributed by atoms with van der Waals surface area (Å²) in [4.78, 5) is 13.0. The molecule has 0 amide bonds. The van der Waals surface area contributed by atoms with Gasteiger partial charge >= 0.3 is 0 Å². The minimum atomic E-state index is -3.88. The topological polar surface area (TPSA) is 151 Å². The van der Waals surface area contributed by atoms with Gasteiger partial charge in [-0.25, -0.2) is 23.4 Å². The molecule has 4 heterocycles. The molecule has 4 aromatic heterocycles. The maximum absolute atomic E-state index is 13.4. The molecular weight excluding hydrogens is 496 g/mol. The Kier molecular flexibility index (Phi) is 6.63. The first-order valence-corrected chi connectivity index (χ1v) is 13.5. The molecular formula is C24H28N8O4S. The Balaban J connectivity index is 1.55. The first-order valence-electron chi connectivity index (χ1n) is 11.9. The number of rotatable bonds is 10. The minimum absolute atomic E-state index is 0.0915. The van der Waals surface area contributed by atoms with Crippen LogP contribution >= 0.6 is 0 Å². The molecule has 13 heteroatoms. The molecule has 12 nitrogen and oxygen atoms in total. The van der Waals surface area contributed by atoms with Crippen LogP contribution in [0.15, 0.2) is 41.4 Å². The number of nitrogens with one attached hydrogen (secondary N) is 1. The summed E-state index contributed by atoms with van der Waals surface area (Å²) in [6, 6.07) is 5.01. The third kappa shape index (κ3) is 5.17. The van der Waals surface area contributed by atoms with E-state index in [0.29, 0.717) is 28.9 Å². The second-order valence-electron chi connectivity index (χ2n) is 9.26. The van der Waals surface area contributed by atoms with Crippen molar-refractivity contribution in [2.24, 2.45) is 5.92 Å². The SMILES string of the molecule is COc1cccc(-c2nnc(NS(=O)(=O)[C@@H](C)Cc3ncc(C)cn3)n2[C@H](c2conc2C)C2CC2)n1. The lowest BCUT2D eigenvalue weighted by Crippen LogP contribution is -2.30. The van der Waals surface area contributed by atoms with Crippen molar-refractivity contribution >= 4 is 16.0 Å². The molecule has 37 heavy (non-hydrogen) atoms. The fourth-order valence-electron chi connectivity index (χ4n) is 4.17. The number of methoxy groups -OCH3 is 1. The summed E-state index contributed by atoms with van der Waals surface area (Å²) >= 11 is 0. The summed E-state index contributed by atoms with van der Waals surface area (Å²) in [5.74, 6) is 1.59. The van der Waals surface area contributed by atoms with Gasteiger partial charge in [0.2, 0.25) is 21.9 Å². The maximum atomic E-state index is 13.4. The molecule has 0 spiro atoms. The molecule has 1 aliphatic carbocycles. The highest BCUT2D eigenvalue weighted by atomic mass is 32.2. The van der Waals surface area contributed by atoms with E-state index in [2.05, 4.69) is 35.0 Å². The van der Waals surface area contributed by atoms with Crippen LogP contribution in [0.3, 0.4) is 0 Å². The molecule has 1 aliphatic rings. The zero-order chi connectivity index (χ0) is 26.2. The van der Waals surface area contributed by atoms with Crippen molar-refractivity contribution in [1.82, 2.24) is 34.9 Å². The fourth-order valence-corrected chi connectivity index (χ4v) is 5.13. The highest BCUT2D eigenvalue weighted by Crippen LogP contribution is 2.46. The number of aromatic nitrogens is 7. The van der Waals surface area contributed by atoms with Crippen LogP contribution in [-0.4, -0.2) is 55.7 Å². The lowest BCUT2D eigenvalue weighted by atomic mass is 10.0. The van der Waals surface area contributed by atoms with E-state index in [4.69, 9.17) is 9.26 Å². The van der Waals surface area contributed by atoms with E-state index in [1.165, 1.54) is 7.11 Å². The molecule has 1 saturated carbocycles. The molecule has 0 saturated heterocycles. The quantitative estimate of drug-likeness (QED) is 0.328. The second-order valence-corrected chi connectivity index (χ2v) is 11.4. The Labute approximate surface area is 214 Å². The summed E-state index contributed by atoms with van der Waals surface area (Å²) in [6.07, 6.45) is 7.00. The van der Waals surface area contributed by atoms with Crippen molar-refractivity contribution < 1.29 is 17.7 Å². The molecule has 0 aromatic carbocycles. The van der Waals surface area contributed by atoms with Gasteiger partial charge in [-0.3, -0.25) is 9.29 Å². The number of hydrogen-bond donors (Lipinski definition) is 1. The van der Waals surface area contributed by atoms with Gasteiger partial charge in [-0.1, -0.05) is 11.2 Å². The van der Waals surface area contributed by atoms with Crippen molar-refractivity contribution in [1.29, 1.82) is 0 Å². The zero-order valence-electron chi connectivity index (χ0n) is 21.0. The summed E-state index contributed by atoms with van der Waals surface area (Å²) < 4.78 is 41.8. The minimum Gasteiger partial charge on any atom is -0.481 e. The molecule has 2 atom stereocenters. The van der Waals surface area contributed by atoms with Crippen LogP contribution in [0.1, 0.15) is 48.5 Å². The average molecular weight is 525 g/mol. The van der Waals surface area contributed by atoms with Gasteiger partial charge in [0, 0.05) is 30.4 Å². The first-order chi connectivity index (χ1) is 17.8.